The summed E-state index contributed by atoms with van der Waals surface area (Å²) >= 11 is 6.03. The van der Waals surface area contributed by atoms with Crippen molar-refractivity contribution >= 4 is 35.2 Å². The van der Waals surface area contributed by atoms with Crippen molar-refractivity contribution in [1.29, 1.82) is 0 Å². The molecule has 0 radical (unpaired) electrons. The number of halogens is 1. The Balaban J connectivity index is 1.57. The molecule has 1 aliphatic rings. The van der Waals surface area contributed by atoms with Gasteiger partial charge in [-0.25, -0.2) is 9.79 Å². The summed E-state index contributed by atoms with van der Waals surface area (Å²) in [5, 5.41) is 11.6. The number of aliphatic imine (C=N–C) groups is 1. The Hall–Kier alpha value is -4.17. The molecular weight excluding hydrogens is 460 g/mol. The monoisotopic (exact) mass is 478 g/mol. The van der Waals surface area contributed by atoms with Gasteiger partial charge in [-0.15, -0.1) is 0 Å². The average molecular weight is 479 g/mol. The highest BCUT2D eigenvalue weighted by atomic mass is 35.5. The zero-order valence-electron chi connectivity index (χ0n) is 18.1. The topological polar surface area (TPSA) is 100 Å². The number of nitro groups is 1. The van der Waals surface area contributed by atoms with Gasteiger partial charge in [0.05, 0.1) is 11.5 Å². The Morgan fingerprint density at radius 3 is 2.65 bits per heavy atom. The van der Waals surface area contributed by atoms with Crippen LogP contribution in [-0.2, 0) is 16.1 Å². The third kappa shape index (κ3) is 5.41. The molecule has 0 amide bonds. The molecule has 0 saturated heterocycles. The molecule has 34 heavy (non-hydrogen) atoms. The number of carbonyl (C=O) groups is 1. The molecule has 0 unspecified atom stereocenters. The van der Waals surface area contributed by atoms with E-state index in [9.17, 15) is 14.9 Å². The predicted octanol–water partition coefficient (Wildman–Crippen LogP) is 5.57. The van der Waals surface area contributed by atoms with Crippen molar-refractivity contribution in [3.8, 4) is 11.5 Å². The number of hydrogen-bond donors (Lipinski definition) is 0. The van der Waals surface area contributed by atoms with Crippen molar-refractivity contribution in [1.82, 2.24) is 0 Å². The van der Waals surface area contributed by atoms with E-state index in [4.69, 9.17) is 25.8 Å². The molecule has 0 atom stereocenters. The highest BCUT2D eigenvalue weighted by molar-refractivity contribution is 6.30. The molecule has 3 aromatic rings. The Kier molecular flexibility index (Phi) is 6.89. The minimum absolute atomic E-state index is 0.00598. The SMILES string of the molecule is CCOc1cc(/C=C2\N=C(c3cccc([N+](=O)[O-])c3)OC2=O)ccc1OCc1cccc(Cl)c1. The molecule has 0 aliphatic carbocycles. The molecule has 3 aromatic carbocycles. The number of nitrogens with zero attached hydrogens (tertiary/aromatic N) is 2. The second-order valence-electron chi connectivity index (χ2n) is 7.20. The molecule has 0 aromatic heterocycles. The fraction of sp³-hybridized carbons (Fsp3) is 0.120. The van der Waals surface area contributed by atoms with Crippen LogP contribution in [0.4, 0.5) is 5.69 Å². The lowest BCUT2D eigenvalue weighted by molar-refractivity contribution is -0.384. The molecule has 8 nitrogen and oxygen atoms in total. The highest BCUT2D eigenvalue weighted by Crippen LogP contribution is 2.31. The van der Waals surface area contributed by atoms with Crippen LogP contribution >= 0.6 is 11.6 Å². The standard InChI is InChI=1S/C25H19ClN2O6/c1-2-32-23-13-16(9-10-22(23)33-15-17-5-3-7-19(26)11-17)12-21-25(29)34-24(27-21)18-6-4-8-20(14-18)28(30)31/h3-14H,2,15H2,1H3/b21-12-. The van der Waals surface area contributed by atoms with Crippen LogP contribution in [0.2, 0.25) is 5.02 Å². The molecule has 0 saturated carbocycles. The molecular formula is C25H19ClN2O6. The number of non-ortho nitro benzene ring substituents is 1. The van der Waals surface area contributed by atoms with E-state index >= 15 is 0 Å². The molecule has 0 bridgehead atoms. The molecule has 1 aliphatic heterocycles. The lowest BCUT2D eigenvalue weighted by Crippen LogP contribution is -2.05. The first kappa shape index (κ1) is 23.0. The quantitative estimate of drug-likeness (QED) is 0.181. The summed E-state index contributed by atoms with van der Waals surface area (Å²) in [6.07, 6.45) is 1.55. The van der Waals surface area contributed by atoms with Gasteiger partial charge < -0.3 is 14.2 Å². The number of ether oxygens (including phenoxy) is 3. The second kappa shape index (κ2) is 10.2. The van der Waals surface area contributed by atoms with E-state index < -0.39 is 10.9 Å². The summed E-state index contributed by atoms with van der Waals surface area (Å²) in [6.45, 7) is 2.59. The minimum atomic E-state index is -0.652. The summed E-state index contributed by atoms with van der Waals surface area (Å²) in [5.74, 6) is 0.402. The maximum absolute atomic E-state index is 12.3. The van der Waals surface area contributed by atoms with Crippen LogP contribution in [0.3, 0.4) is 0 Å². The number of cyclic esters (lactones) is 1. The van der Waals surface area contributed by atoms with Crippen molar-refractivity contribution < 1.29 is 23.9 Å². The van der Waals surface area contributed by atoms with E-state index in [0.717, 1.165) is 5.56 Å². The van der Waals surface area contributed by atoms with Gasteiger partial charge in [-0.05, 0) is 54.5 Å². The fourth-order valence-corrected chi connectivity index (χ4v) is 3.45. The van der Waals surface area contributed by atoms with Crippen LogP contribution in [-0.4, -0.2) is 23.4 Å². The third-order valence-electron chi connectivity index (χ3n) is 4.78. The van der Waals surface area contributed by atoms with E-state index in [1.165, 1.54) is 18.2 Å². The zero-order valence-corrected chi connectivity index (χ0v) is 18.8. The van der Waals surface area contributed by atoms with Gasteiger partial charge in [0.1, 0.15) is 6.61 Å². The highest BCUT2D eigenvalue weighted by Gasteiger charge is 2.25. The van der Waals surface area contributed by atoms with Crippen LogP contribution in [0.25, 0.3) is 6.08 Å². The lowest BCUT2D eigenvalue weighted by atomic mass is 10.1. The molecule has 0 spiro atoms. The number of carbonyl (C=O) groups excluding carboxylic acids is 1. The van der Waals surface area contributed by atoms with Crippen molar-refractivity contribution in [2.45, 2.75) is 13.5 Å². The van der Waals surface area contributed by atoms with Crippen molar-refractivity contribution in [3.63, 3.8) is 0 Å². The van der Waals surface area contributed by atoms with E-state index in [1.54, 1.807) is 36.4 Å². The Morgan fingerprint density at radius 2 is 1.88 bits per heavy atom. The van der Waals surface area contributed by atoms with Crippen LogP contribution in [0.15, 0.2) is 77.4 Å². The second-order valence-corrected chi connectivity index (χ2v) is 7.64. The molecule has 0 fully saturated rings. The van der Waals surface area contributed by atoms with E-state index in [0.29, 0.717) is 40.9 Å². The fourth-order valence-electron chi connectivity index (χ4n) is 3.23. The number of benzene rings is 3. The molecule has 9 heteroatoms. The number of esters is 1. The van der Waals surface area contributed by atoms with Crippen LogP contribution in [0, 0.1) is 10.1 Å². The Morgan fingerprint density at radius 1 is 1.06 bits per heavy atom. The average Bonchev–Trinajstić information content (AvgIpc) is 3.19. The summed E-state index contributed by atoms with van der Waals surface area (Å²) in [6, 6.07) is 18.3. The van der Waals surface area contributed by atoms with Crippen LogP contribution in [0.5, 0.6) is 11.5 Å². The van der Waals surface area contributed by atoms with Crippen molar-refractivity contribution in [3.05, 3.63) is 104 Å². The van der Waals surface area contributed by atoms with Gasteiger partial charge in [-0.3, -0.25) is 10.1 Å². The maximum Gasteiger partial charge on any atom is 0.363 e. The first-order chi connectivity index (χ1) is 16.4. The maximum atomic E-state index is 12.3. The number of hydrogen-bond acceptors (Lipinski definition) is 7. The smallest absolute Gasteiger partial charge is 0.363 e. The summed E-state index contributed by atoms with van der Waals surface area (Å²) < 4.78 is 16.8. The largest absolute Gasteiger partial charge is 0.490 e. The van der Waals surface area contributed by atoms with Gasteiger partial charge in [0.25, 0.3) is 5.69 Å². The Labute approximate surface area is 200 Å². The summed E-state index contributed by atoms with van der Waals surface area (Å²) in [7, 11) is 0. The van der Waals surface area contributed by atoms with Gasteiger partial charge >= 0.3 is 5.97 Å². The Bertz CT molecular complexity index is 1320. The lowest BCUT2D eigenvalue weighted by Gasteiger charge is -2.13. The molecule has 1 heterocycles. The first-order valence-corrected chi connectivity index (χ1v) is 10.7. The normalized spacial score (nSPS) is 14.0. The summed E-state index contributed by atoms with van der Waals surface area (Å²) in [4.78, 5) is 27.0. The molecule has 4 rings (SSSR count). The van der Waals surface area contributed by atoms with Gasteiger partial charge in [0.15, 0.2) is 17.2 Å². The molecule has 0 N–H and O–H groups in total. The van der Waals surface area contributed by atoms with Gasteiger partial charge in [-0.1, -0.05) is 35.9 Å². The van der Waals surface area contributed by atoms with Crippen molar-refractivity contribution in [2.24, 2.45) is 4.99 Å². The zero-order chi connectivity index (χ0) is 24.1. The number of rotatable bonds is 8. The third-order valence-corrected chi connectivity index (χ3v) is 5.01. The van der Waals surface area contributed by atoms with Crippen LogP contribution in [0.1, 0.15) is 23.6 Å². The number of nitro benzene ring substituents is 1. The van der Waals surface area contributed by atoms with Crippen molar-refractivity contribution in [2.75, 3.05) is 6.61 Å². The first-order valence-electron chi connectivity index (χ1n) is 10.3. The van der Waals surface area contributed by atoms with E-state index in [2.05, 4.69) is 4.99 Å². The minimum Gasteiger partial charge on any atom is -0.490 e. The summed E-state index contributed by atoms with van der Waals surface area (Å²) in [5.41, 5.74) is 1.85. The van der Waals surface area contributed by atoms with Crippen LogP contribution < -0.4 is 9.47 Å². The van der Waals surface area contributed by atoms with Gasteiger partial charge in [0.2, 0.25) is 5.90 Å². The van der Waals surface area contributed by atoms with Gasteiger partial charge in [-0.2, -0.15) is 0 Å². The predicted molar refractivity (Wildman–Crippen MR) is 127 cm³/mol. The van der Waals surface area contributed by atoms with E-state index in [1.807, 2.05) is 25.1 Å². The van der Waals surface area contributed by atoms with Gasteiger partial charge in [0, 0.05) is 22.7 Å². The van der Waals surface area contributed by atoms with E-state index in [-0.39, 0.29) is 17.3 Å². The molecule has 172 valence electrons.